The first-order valence-electron chi connectivity index (χ1n) is 5.27. The maximum atomic E-state index is 13.0. The monoisotopic (exact) mass is 352 g/mol. The molecule has 0 aliphatic heterocycles. The summed E-state index contributed by atoms with van der Waals surface area (Å²) in [4.78, 5) is 0. The Morgan fingerprint density at radius 1 is 1.25 bits per heavy atom. The fourth-order valence-corrected chi connectivity index (χ4v) is 2.82. The first-order valence-corrected chi connectivity index (χ1v) is 9.26. The largest absolute Gasteiger partial charge is 0.543 e. The predicted molar refractivity (Wildman–Crippen MR) is 76.9 cm³/mol. The Balaban J connectivity index is 2.97. The molecule has 0 fully saturated rings. The van der Waals surface area contributed by atoms with E-state index in [0.29, 0.717) is 0 Å². The standard InChI is InChI=1S/C12H18FIOSi/c1-12(2,3)16(4,5)15-11-7-6-9(13)8-10(11)14/h6-8H,1-5H3. The van der Waals surface area contributed by atoms with Gasteiger partial charge in [0.15, 0.2) is 0 Å². The van der Waals surface area contributed by atoms with Crippen molar-refractivity contribution in [2.45, 2.75) is 38.9 Å². The molecule has 0 atom stereocenters. The molecular formula is C12H18FIOSi. The molecule has 1 nitrogen and oxygen atoms in total. The molecule has 4 heteroatoms. The van der Waals surface area contributed by atoms with Gasteiger partial charge in [0, 0.05) is 0 Å². The molecule has 1 aromatic rings. The third kappa shape index (κ3) is 3.20. The maximum absolute atomic E-state index is 13.0. The van der Waals surface area contributed by atoms with E-state index in [-0.39, 0.29) is 10.9 Å². The molecule has 0 saturated heterocycles. The lowest BCUT2D eigenvalue weighted by Crippen LogP contribution is -2.44. The van der Waals surface area contributed by atoms with Crippen molar-refractivity contribution < 1.29 is 8.82 Å². The molecule has 0 saturated carbocycles. The quantitative estimate of drug-likeness (QED) is 0.548. The van der Waals surface area contributed by atoms with E-state index in [1.54, 1.807) is 6.07 Å². The van der Waals surface area contributed by atoms with Gasteiger partial charge in [0.1, 0.15) is 11.6 Å². The highest BCUT2D eigenvalue weighted by atomic mass is 127. The van der Waals surface area contributed by atoms with Gasteiger partial charge in [-0.15, -0.1) is 0 Å². The summed E-state index contributed by atoms with van der Waals surface area (Å²) in [5, 5.41) is 0.157. The van der Waals surface area contributed by atoms with Crippen molar-refractivity contribution in [2.24, 2.45) is 0 Å². The molecule has 0 bridgehead atoms. The molecule has 0 aliphatic carbocycles. The van der Waals surface area contributed by atoms with Crippen LogP contribution >= 0.6 is 22.6 Å². The minimum absolute atomic E-state index is 0.157. The van der Waals surface area contributed by atoms with Crippen LogP contribution in [0.1, 0.15) is 20.8 Å². The van der Waals surface area contributed by atoms with Gasteiger partial charge in [-0.3, -0.25) is 0 Å². The summed E-state index contributed by atoms with van der Waals surface area (Å²) in [6.45, 7) is 10.9. The molecule has 0 unspecified atom stereocenters. The summed E-state index contributed by atoms with van der Waals surface area (Å²) in [6.07, 6.45) is 0. The van der Waals surface area contributed by atoms with Gasteiger partial charge in [0.05, 0.1) is 3.57 Å². The maximum Gasteiger partial charge on any atom is 0.250 e. The Kier molecular flexibility index (Phi) is 4.05. The zero-order valence-electron chi connectivity index (χ0n) is 10.4. The molecule has 0 amide bonds. The van der Waals surface area contributed by atoms with E-state index in [9.17, 15) is 4.39 Å². The van der Waals surface area contributed by atoms with Crippen molar-refractivity contribution in [3.63, 3.8) is 0 Å². The van der Waals surface area contributed by atoms with Crippen LogP contribution in [-0.2, 0) is 0 Å². The topological polar surface area (TPSA) is 9.23 Å². The molecular weight excluding hydrogens is 334 g/mol. The Labute approximate surface area is 112 Å². The van der Waals surface area contributed by atoms with Crippen LogP contribution in [0.5, 0.6) is 5.75 Å². The van der Waals surface area contributed by atoms with E-state index in [2.05, 4.69) is 56.5 Å². The molecule has 90 valence electrons. The second kappa shape index (κ2) is 4.64. The van der Waals surface area contributed by atoms with Gasteiger partial charge >= 0.3 is 0 Å². The van der Waals surface area contributed by atoms with Gasteiger partial charge in [-0.2, -0.15) is 0 Å². The van der Waals surface area contributed by atoms with Gasteiger partial charge in [0.2, 0.25) is 0 Å². The van der Waals surface area contributed by atoms with E-state index in [4.69, 9.17) is 4.43 Å². The second-order valence-electron chi connectivity index (χ2n) is 5.44. The van der Waals surface area contributed by atoms with E-state index in [0.717, 1.165) is 9.32 Å². The smallest absolute Gasteiger partial charge is 0.250 e. The van der Waals surface area contributed by atoms with Crippen LogP contribution in [0.2, 0.25) is 18.1 Å². The van der Waals surface area contributed by atoms with Crippen molar-refractivity contribution in [3.8, 4) is 5.75 Å². The van der Waals surface area contributed by atoms with E-state index >= 15 is 0 Å². The van der Waals surface area contributed by atoms with Gasteiger partial charge in [-0.1, -0.05) is 20.8 Å². The average molecular weight is 352 g/mol. The van der Waals surface area contributed by atoms with Crippen LogP contribution in [0.3, 0.4) is 0 Å². The molecule has 0 radical (unpaired) electrons. The highest BCUT2D eigenvalue weighted by Gasteiger charge is 2.39. The third-order valence-corrected chi connectivity index (χ3v) is 8.25. The zero-order chi connectivity index (χ0) is 12.6. The highest BCUT2D eigenvalue weighted by Crippen LogP contribution is 2.38. The lowest BCUT2D eigenvalue weighted by atomic mass is 10.2. The van der Waals surface area contributed by atoms with Crippen molar-refractivity contribution in [1.82, 2.24) is 0 Å². The number of rotatable bonds is 2. The summed E-state index contributed by atoms with van der Waals surface area (Å²) < 4.78 is 19.9. The summed E-state index contributed by atoms with van der Waals surface area (Å²) in [7, 11) is -1.82. The van der Waals surface area contributed by atoms with Crippen LogP contribution in [0.25, 0.3) is 0 Å². The second-order valence-corrected chi connectivity index (χ2v) is 11.3. The zero-order valence-corrected chi connectivity index (χ0v) is 13.6. The fraction of sp³-hybridized carbons (Fsp3) is 0.500. The van der Waals surface area contributed by atoms with Crippen molar-refractivity contribution in [3.05, 3.63) is 27.6 Å². The molecule has 0 aliphatic rings. The minimum Gasteiger partial charge on any atom is -0.543 e. The van der Waals surface area contributed by atoms with Crippen LogP contribution < -0.4 is 4.43 Å². The summed E-state index contributed by atoms with van der Waals surface area (Å²) in [5.74, 6) is 0.584. The van der Waals surface area contributed by atoms with Gasteiger partial charge in [0.25, 0.3) is 8.32 Å². The summed E-state index contributed by atoms with van der Waals surface area (Å²) >= 11 is 2.11. The first-order chi connectivity index (χ1) is 7.13. The molecule has 1 aromatic carbocycles. The van der Waals surface area contributed by atoms with Gasteiger partial charge in [-0.25, -0.2) is 4.39 Å². The summed E-state index contributed by atoms with van der Waals surface area (Å²) in [5.41, 5.74) is 0. The molecule has 0 N–H and O–H groups in total. The minimum atomic E-state index is -1.82. The Morgan fingerprint density at radius 2 is 1.81 bits per heavy atom. The molecule has 16 heavy (non-hydrogen) atoms. The number of hydrogen-bond donors (Lipinski definition) is 0. The molecule has 0 spiro atoms. The van der Waals surface area contributed by atoms with Gasteiger partial charge in [-0.05, 0) is 58.9 Å². The number of benzene rings is 1. The Hall–Kier alpha value is -0.103. The highest BCUT2D eigenvalue weighted by molar-refractivity contribution is 14.1. The predicted octanol–water partition coefficient (Wildman–Crippen LogP) is 4.81. The summed E-state index contributed by atoms with van der Waals surface area (Å²) in [6, 6.07) is 4.67. The average Bonchev–Trinajstić information content (AvgIpc) is 2.08. The fourth-order valence-electron chi connectivity index (χ4n) is 0.986. The van der Waals surface area contributed by atoms with Crippen LogP contribution in [0.15, 0.2) is 18.2 Å². The van der Waals surface area contributed by atoms with E-state index in [1.807, 2.05) is 0 Å². The lowest BCUT2D eigenvalue weighted by Gasteiger charge is -2.36. The lowest BCUT2D eigenvalue weighted by molar-refractivity contribution is 0.487. The number of hydrogen-bond acceptors (Lipinski definition) is 1. The Bertz CT molecular complexity index is 385. The molecule has 0 heterocycles. The van der Waals surface area contributed by atoms with E-state index < -0.39 is 8.32 Å². The van der Waals surface area contributed by atoms with E-state index in [1.165, 1.54) is 12.1 Å². The van der Waals surface area contributed by atoms with Crippen LogP contribution in [-0.4, -0.2) is 8.32 Å². The van der Waals surface area contributed by atoms with Crippen molar-refractivity contribution >= 4 is 30.9 Å². The van der Waals surface area contributed by atoms with Crippen molar-refractivity contribution in [2.75, 3.05) is 0 Å². The van der Waals surface area contributed by atoms with Gasteiger partial charge < -0.3 is 4.43 Å². The van der Waals surface area contributed by atoms with Crippen molar-refractivity contribution in [1.29, 1.82) is 0 Å². The molecule has 0 aromatic heterocycles. The van der Waals surface area contributed by atoms with Crippen LogP contribution in [0.4, 0.5) is 4.39 Å². The normalized spacial score (nSPS) is 12.7. The molecule has 1 rings (SSSR count). The first kappa shape index (κ1) is 14.0. The number of halogens is 2. The van der Waals surface area contributed by atoms with Crippen LogP contribution in [0, 0.1) is 9.39 Å². The SMILES string of the molecule is CC(C)(C)[Si](C)(C)Oc1ccc(F)cc1I. The third-order valence-electron chi connectivity index (χ3n) is 3.07. The Morgan fingerprint density at radius 3 is 2.25 bits per heavy atom.